The van der Waals surface area contributed by atoms with Gasteiger partial charge in [-0.2, -0.15) is 5.10 Å². The molecule has 1 N–H and O–H groups in total. The summed E-state index contributed by atoms with van der Waals surface area (Å²) in [6.45, 7) is 0.581. The quantitative estimate of drug-likeness (QED) is 0.500. The summed E-state index contributed by atoms with van der Waals surface area (Å²) in [4.78, 5) is 28.7. The largest absolute Gasteiger partial charge is 0.351 e. The monoisotopic (exact) mass is 461 g/mol. The van der Waals surface area contributed by atoms with Crippen LogP contribution >= 0.6 is 11.8 Å². The van der Waals surface area contributed by atoms with Gasteiger partial charge in [0.1, 0.15) is 6.04 Å². The number of benzene rings is 2. The summed E-state index contributed by atoms with van der Waals surface area (Å²) in [7, 11) is 3.77. The van der Waals surface area contributed by atoms with Gasteiger partial charge in [0, 0.05) is 48.0 Å². The molecule has 5 rings (SSSR count). The number of aromatic nitrogens is 3. The molecule has 0 radical (unpaired) electrons. The minimum Gasteiger partial charge on any atom is -0.351 e. The predicted molar refractivity (Wildman–Crippen MR) is 133 cm³/mol. The Kier molecular flexibility index (Phi) is 6.29. The molecule has 8 heteroatoms. The molecule has 4 aromatic rings. The Balaban J connectivity index is 0.00000259. The van der Waals surface area contributed by atoms with Crippen molar-refractivity contribution in [1.82, 2.24) is 19.7 Å². The van der Waals surface area contributed by atoms with E-state index in [4.69, 9.17) is 0 Å². The molecule has 170 valence electrons. The molecule has 0 aliphatic carbocycles. The summed E-state index contributed by atoms with van der Waals surface area (Å²) >= 11 is 1.58. The average Bonchev–Trinajstić information content (AvgIpc) is 3.39. The van der Waals surface area contributed by atoms with Crippen LogP contribution in [0.2, 0.25) is 0 Å². The number of nitrogens with zero attached hydrogens (tertiary/aromatic N) is 4. The topological polar surface area (TPSA) is 72.2 Å². The Bertz CT molecular complexity index is 1310. The van der Waals surface area contributed by atoms with Crippen molar-refractivity contribution < 1.29 is 9.59 Å². The molecule has 0 spiro atoms. The lowest BCUT2D eigenvalue weighted by Crippen LogP contribution is -2.48. The van der Waals surface area contributed by atoms with E-state index in [-0.39, 0.29) is 19.2 Å². The molecular formula is C25H27N5O2S. The van der Waals surface area contributed by atoms with Crippen LogP contribution in [0, 0.1) is 0 Å². The van der Waals surface area contributed by atoms with Crippen LogP contribution in [0.25, 0.3) is 10.9 Å². The molecule has 2 aromatic carbocycles. The van der Waals surface area contributed by atoms with E-state index >= 15 is 0 Å². The van der Waals surface area contributed by atoms with Crippen LogP contribution in [0.3, 0.4) is 0 Å². The Morgan fingerprint density at radius 2 is 1.97 bits per heavy atom. The van der Waals surface area contributed by atoms with Crippen LogP contribution in [-0.4, -0.2) is 45.0 Å². The normalized spacial score (nSPS) is 15.6. The van der Waals surface area contributed by atoms with Crippen molar-refractivity contribution in [3.05, 3.63) is 78.2 Å². The predicted octanol–water partition coefficient (Wildman–Crippen LogP) is 3.93. The van der Waals surface area contributed by atoms with Gasteiger partial charge in [0.05, 0.1) is 24.0 Å². The summed E-state index contributed by atoms with van der Waals surface area (Å²) in [5.41, 5.74) is 3.52. The molecule has 1 aliphatic rings. The van der Waals surface area contributed by atoms with Crippen LogP contribution in [0.15, 0.2) is 72.0 Å². The van der Waals surface area contributed by atoms with Crippen molar-refractivity contribution in [3.63, 3.8) is 0 Å². The zero-order valence-corrected chi connectivity index (χ0v) is 18.7. The van der Waals surface area contributed by atoms with Crippen molar-refractivity contribution in [2.75, 3.05) is 17.7 Å². The minimum absolute atomic E-state index is 0. The lowest BCUT2D eigenvalue weighted by atomic mass is 10.2. The number of rotatable bonds is 4. The van der Waals surface area contributed by atoms with Crippen molar-refractivity contribution in [2.24, 2.45) is 7.05 Å². The van der Waals surface area contributed by atoms with E-state index in [1.54, 1.807) is 34.6 Å². The number of carbonyl (C=O) groups excluding carboxylic acids is 2. The number of anilines is 1. The molecule has 0 saturated heterocycles. The number of nitrogens with one attached hydrogen (secondary N) is 1. The van der Waals surface area contributed by atoms with Gasteiger partial charge >= 0.3 is 0 Å². The first kappa shape index (κ1) is 22.7. The van der Waals surface area contributed by atoms with Crippen LogP contribution in [-0.2, 0) is 18.4 Å². The highest BCUT2D eigenvalue weighted by molar-refractivity contribution is 7.99. The summed E-state index contributed by atoms with van der Waals surface area (Å²) in [5, 5.41) is 8.28. The van der Waals surface area contributed by atoms with Crippen LogP contribution in [0.5, 0.6) is 0 Å². The molecule has 1 aliphatic heterocycles. The second kappa shape index (κ2) is 9.15. The summed E-state index contributed by atoms with van der Waals surface area (Å²) in [6, 6.07) is 15.5. The maximum Gasteiger partial charge on any atom is 0.255 e. The standard InChI is InChI=1S/C24H23N5O2S.CH4/c1-27-9-8-17-10-21-22(11-20(17)27)32-15-19(24(31)28(21)2)26-23(30)18-12-25-29(14-18)13-16-6-4-3-5-7-16;/h3-12,14,19H,13,15H2,1-2H3,(H,26,30);1H4/t19-;/m0./s1. The average molecular weight is 462 g/mol. The SMILES string of the molecule is C.CN1C(=O)[C@@H](NC(=O)c2cnn(Cc3ccccc3)c2)CSc2cc3c(ccn3C)cc21. The van der Waals surface area contributed by atoms with Crippen molar-refractivity contribution in [3.8, 4) is 0 Å². The molecular weight excluding hydrogens is 434 g/mol. The number of hydrogen-bond donors (Lipinski definition) is 1. The van der Waals surface area contributed by atoms with Crippen molar-refractivity contribution in [2.45, 2.75) is 24.9 Å². The first-order valence-corrected chi connectivity index (χ1v) is 11.3. The zero-order chi connectivity index (χ0) is 22.2. The van der Waals surface area contributed by atoms with Crippen molar-refractivity contribution >= 4 is 40.2 Å². The van der Waals surface area contributed by atoms with Crippen LogP contribution < -0.4 is 10.2 Å². The molecule has 7 nitrogen and oxygen atoms in total. The number of aryl methyl sites for hydroxylation is 1. The second-order valence-electron chi connectivity index (χ2n) is 7.95. The number of likely N-dealkylation sites (N-methyl/N-ethyl adjacent to an activating group) is 1. The summed E-state index contributed by atoms with van der Waals surface area (Å²) in [5.74, 6) is 0.0417. The van der Waals surface area contributed by atoms with Crippen molar-refractivity contribution in [1.29, 1.82) is 0 Å². The molecule has 0 fully saturated rings. The number of fused-ring (bicyclic) bond motifs is 2. The van der Waals surface area contributed by atoms with E-state index < -0.39 is 6.04 Å². The highest BCUT2D eigenvalue weighted by Crippen LogP contribution is 2.37. The third kappa shape index (κ3) is 4.39. The molecule has 1 atom stereocenters. The fraction of sp³-hybridized carbons (Fsp3) is 0.240. The van der Waals surface area contributed by atoms with Gasteiger partial charge in [-0.25, -0.2) is 0 Å². The molecule has 0 unspecified atom stereocenters. The minimum atomic E-state index is -0.620. The fourth-order valence-corrected chi connectivity index (χ4v) is 5.05. The highest BCUT2D eigenvalue weighted by atomic mass is 32.2. The Labute approximate surface area is 197 Å². The maximum absolute atomic E-state index is 13.1. The first-order chi connectivity index (χ1) is 15.5. The van der Waals surface area contributed by atoms with Crippen LogP contribution in [0.4, 0.5) is 5.69 Å². The molecule has 33 heavy (non-hydrogen) atoms. The summed E-state index contributed by atoms with van der Waals surface area (Å²) < 4.78 is 3.79. The first-order valence-electron chi connectivity index (χ1n) is 10.4. The lowest BCUT2D eigenvalue weighted by Gasteiger charge is -2.21. The summed E-state index contributed by atoms with van der Waals surface area (Å²) in [6.07, 6.45) is 5.26. The molecule has 3 heterocycles. The molecule has 0 saturated carbocycles. The Morgan fingerprint density at radius 1 is 1.18 bits per heavy atom. The van der Waals surface area contributed by atoms with Gasteiger partial charge in [-0.15, -0.1) is 11.8 Å². The van der Waals surface area contributed by atoms with Crippen LogP contribution in [0.1, 0.15) is 23.3 Å². The number of amides is 2. The molecule has 0 bridgehead atoms. The number of carbonyl (C=O) groups is 2. The Morgan fingerprint density at radius 3 is 2.76 bits per heavy atom. The fourth-order valence-electron chi connectivity index (χ4n) is 3.94. The van der Waals surface area contributed by atoms with Gasteiger partial charge in [0.2, 0.25) is 5.91 Å². The second-order valence-corrected chi connectivity index (χ2v) is 9.01. The van der Waals surface area contributed by atoms with Gasteiger partial charge in [0.15, 0.2) is 0 Å². The van der Waals surface area contributed by atoms with E-state index in [0.29, 0.717) is 17.9 Å². The van der Waals surface area contributed by atoms with Gasteiger partial charge in [-0.05, 0) is 23.8 Å². The van der Waals surface area contributed by atoms with E-state index in [2.05, 4.69) is 21.0 Å². The van der Waals surface area contributed by atoms with Gasteiger partial charge in [-0.3, -0.25) is 14.3 Å². The third-order valence-corrected chi connectivity index (χ3v) is 6.89. The van der Waals surface area contributed by atoms with E-state index in [9.17, 15) is 9.59 Å². The number of thioether (sulfide) groups is 1. The lowest BCUT2D eigenvalue weighted by molar-refractivity contribution is -0.119. The van der Waals surface area contributed by atoms with Gasteiger partial charge in [0.25, 0.3) is 5.91 Å². The van der Waals surface area contributed by atoms with Gasteiger partial charge < -0.3 is 14.8 Å². The maximum atomic E-state index is 13.1. The highest BCUT2D eigenvalue weighted by Gasteiger charge is 2.30. The zero-order valence-electron chi connectivity index (χ0n) is 17.9. The third-order valence-electron chi connectivity index (χ3n) is 5.75. The van der Waals surface area contributed by atoms with Gasteiger partial charge in [-0.1, -0.05) is 37.8 Å². The molecule has 2 aromatic heterocycles. The number of hydrogen-bond acceptors (Lipinski definition) is 4. The van der Waals surface area contributed by atoms with E-state index in [1.807, 2.05) is 55.7 Å². The Hall–Kier alpha value is -3.52. The molecule has 2 amide bonds. The van der Waals surface area contributed by atoms with E-state index in [1.165, 1.54) is 6.20 Å². The van der Waals surface area contributed by atoms with E-state index in [0.717, 1.165) is 27.0 Å². The smallest absolute Gasteiger partial charge is 0.255 e.